The Hall–Kier alpha value is -1.30. The summed E-state index contributed by atoms with van der Waals surface area (Å²) in [7, 11) is 0. The zero-order valence-electron chi connectivity index (χ0n) is 18.0. The summed E-state index contributed by atoms with van der Waals surface area (Å²) < 4.78 is 0. The van der Waals surface area contributed by atoms with Gasteiger partial charge in [-0.2, -0.15) is 0 Å². The van der Waals surface area contributed by atoms with Crippen molar-refractivity contribution in [2.45, 2.75) is 84.0 Å². The molecule has 0 N–H and O–H groups in total. The first-order valence-electron chi connectivity index (χ1n) is 11.1. The van der Waals surface area contributed by atoms with E-state index in [1.165, 1.54) is 55.2 Å². The van der Waals surface area contributed by atoms with Crippen LogP contribution in [0.15, 0.2) is 42.5 Å². The highest BCUT2D eigenvalue weighted by Crippen LogP contribution is 2.69. The first kappa shape index (κ1) is 17.8. The predicted molar refractivity (Wildman–Crippen MR) is 115 cm³/mol. The summed E-state index contributed by atoms with van der Waals surface area (Å²) >= 11 is 0. The molecule has 0 amide bonds. The molecule has 0 nitrogen and oxygen atoms in total. The normalized spacial score (nSPS) is 40.9. The van der Waals surface area contributed by atoms with Gasteiger partial charge in [-0.15, -0.1) is 0 Å². The van der Waals surface area contributed by atoms with Crippen molar-refractivity contribution in [2.24, 2.45) is 22.7 Å². The van der Waals surface area contributed by atoms with Crippen LogP contribution in [0.4, 0.5) is 0 Å². The third-order valence-corrected chi connectivity index (χ3v) is 10.2. The van der Waals surface area contributed by atoms with Crippen molar-refractivity contribution in [2.75, 3.05) is 0 Å². The molecule has 4 saturated carbocycles. The van der Waals surface area contributed by atoms with Gasteiger partial charge in [0.25, 0.3) is 0 Å². The monoisotopic (exact) mass is 360 g/mol. The number of benzene rings is 1. The van der Waals surface area contributed by atoms with Crippen LogP contribution >= 0.6 is 0 Å². The largest absolute Gasteiger partial charge is 0.0990 e. The Balaban J connectivity index is 1.68. The van der Waals surface area contributed by atoms with Crippen LogP contribution in [0.2, 0.25) is 0 Å². The van der Waals surface area contributed by atoms with Gasteiger partial charge in [0.1, 0.15) is 0 Å². The highest BCUT2D eigenvalue weighted by Gasteiger charge is 2.62. The molecule has 27 heavy (non-hydrogen) atoms. The summed E-state index contributed by atoms with van der Waals surface area (Å²) in [6, 6.07) is 7.65. The fraction of sp³-hybridized carbons (Fsp3) is 0.630. The average molecular weight is 361 g/mol. The SMILES string of the molecule is C=C1C2CCC(c3cc(C)cc(C45CCC(C4)C(=C)C5(C)C)c3)(C2)C1(C)C. The fourth-order valence-electron chi connectivity index (χ4n) is 8.04. The predicted octanol–water partition coefficient (Wildman–Crippen LogP) is 7.26. The van der Waals surface area contributed by atoms with Crippen LogP contribution in [-0.2, 0) is 10.8 Å². The Labute approximate surface area is 166 Å². The van der Waals surface area contributed by atoms with Crippen molar-refractivity contribution >= 4 is 0 Å². The summed E-state index contributed by atoms with van der Waals surface area (Å²) in [4.78, 5) is 0. The topological polar surface area (TPSA) is 0 Å². The molecule has 144 valence electrons. The lowest BCUT2D eigenvalue weighted by atomic mass is 9.57. The molecule has 0 spiro atoms. The van der Waals surface area contributed by atoms with Crippen molar-refractivity contribution in [3.63, 3.8) is 0 Å². The molecule has 5 rings (SSSR count). The number of fused-ring (bicyclic) bond motifs is 4. The van der Waals surface area contributed by atoms with E-state index in [2.05, 4.69) is 66.0 Å². The molecule has 4 unspecified atom stereocenters. The molecular weight excluding hydrogens is 324 g/mol. The third kappa shape index (κ3) is 1.86. The van der Waals surface area contributed by atoms with Gasteiger partial charge in [0, 0.05) is 10.8 Å². The van der Waals surface area contributed by atoms with Gasteiger partial charge in [0.15, 0.2) is 0 Å². The van der Waals surface area contributed by atoms with E-state index in [9.17, 15) is 0 Å². The Kier molecular flexibility index (Phi) is 3.29. The fourth-order valence-corrected chi connectivity index (χ4v) is 8.04. The second-order valence-electron chi connectivity index (χ2n) is 11.4. The molecule has 4 aliphatic carbocycles. The molecule has 0 heterocycles. The van der Waals surface area contributed by atoms with E-state index in [-0.39, 0.29) is 10.8 Å². The van der Waals surface area contributed by atoms with E-state index < -0.39 is 0 Å². The maximum atomic E-state index is 4.54. The van der Waals surface area contributed by atoms with Gasteiger partial charge in [0.2, 0.25) is 0 Å². The zero-order valence-corrected chi connectivity index (χ0v) is 18.0. The minimum absolute atomic E-state index is 0.214. The molecule has 4 fully saturated rings. The van der Waals surface area contributed by atoms with E-state index in [0.717, 1.165) is 11.8 Å². The van der Waals surface area contributed by atoms with Crippen LogP contribution in [0.1, 0.15) is 82.9 Å². The molecule has 0 saturated heterocycles. The second-order valence-corrected chi connectivity index (χ2v) is 11.4. The minimum Gasteiger partial charge on any atom is -0.0990 e. The average Bonchev–Trinajstić information content (AvgIpc) is 3.32. The number of rotatable bonds is 2. The van der Waals surface area contributed by atoms with Crippen LogP contribution in [0.3, 0.4) is 0 Å². The van der Waals surface area contributed by atoms with Gasteiger partial charge >= 0.3 is 0 Å². The van der Waals surface area contributed by atoms with E-state index >= 15 is 0 Å². The van der Waals surface area contributed by atoms with Gasteiger partial charge in [-0.25, -0.2) is 0 Å². The highest BCUT2D eigenvalue weighted by atomic mass is 14.7. The molecule has 0 aromatic heterocycles. The molecule has 0 heteroatoms. The lowest BCUT2D eigenvalue weighted by molar-refractivity contribution is 0.220. The summed E-state index contributed by atoms with van der Waals surface area (Å²) in [5, 5.41) is 0. The summed E-state index contributed by atoms with van der Waals surface area (Å²) in [6.45, 7) is 21.2. The smallest absolute Gasteiger partial charge is 0.00473 e. The molecule has 1 aromatic carbocycles. The second kappa shape index (κ2) is 5.00. The van der Waals surface area contributed by atoms with Crippen molar-refractivity contribution in [1.82, 2.24) is 0 Å². The summed E-state index contributed by atoms with van der Waals surface area (Å²) in [6.07, 6.45) is 7.96. The summed E-state index contributed by atoms with van der Waals surface area (Å²) in [5.41, 5.74) is 8.69. The first-order valence-corrected chi connectivity index (χ1v) is 11.1. The third-order valence-electron chi connectivity index (χ3n) is 10.2. The molecule has 4 atom stereocenters. The number of hydrogen-bond acceptors (Lipinski definition) is 0. The van der Waals surface area contributed by atoms with Crippen LogP contribution < -0.4 is 0 Å². The van der Waals surface area contributed by atoms with Gasteiger partial charge in [-0.1, -0.05) is 75.8 Å². The molecule has 1 aromatic rings. The highest BCUT2D eigenvalue weighted by molar-refractivity contribution is 5.49. The van der Waals surface area contributed by atoms with E-state index in [0.29, 0.717) is 10.8 Å². The van der Waals surface area contributed by atoms with Gasteiger partial charge < -0.3 is 0 Å². The van der Waals surface area contributed by atoms with E-state index in [4.69, 9.17) is 0 Å². The van der Waals surface area contributed by atoms with E-state index in [1.54, 1.807) is 11.1 Å². The van der Waals surface area contributed by atoms with Crippen LogP contribution in [0.25, 0.3) is 0 Å². The lowest BCUT2D eigenvalue weighted by Crippen LogP contribution is -2.40. The quantitative estimate of drug-likeness (QED) is 0.487. The molecule has 0 aliphatic heterocycles. The van der Waals surface area contributed by atoms with Crippen LogP contribution in [0.5, 0.6) is 0 Å². The van der Waals surface area contributed by atoms with Gasteiger partial charge in [-0.05, 0) is 79.2 Å². The number of aryl methyl sites for hydroxylation is 1. The van der Waals surface area contributed by atoms with Crippen molar-refractivity contribution in [3.8, 4) is 0 Å². The molecule has 4 bridgehead atoms. The zero-order chi connectivity index (χ0) is 19.4. The number of hydrogen-bond donors (Lipinski definition) is 0. The molecular formula is C27H36. The molecule has 0 radical (unpaired) electrons. The van der Waals surface area contributed by atoms with Crippen molar-refractivity contribution < 1.29 is 0 Å². The standard InChI is InChI=1S/C27H36/c1-17-12-22(26-10-8-20(15-26)18(2)24(26,4)5)14-23(13-17)27-11-9-21(16-27)19(3)25(27,6)7/h12-14,20-21H,2-3,8-11,15-16H2,1,4-7H3. The van der Waals surface area contributed by atoms with Gasteiger partial charge in [-0.3, -0.25) is 0 Å². The minimum atomic E-state index is 0.214. The van der Waals surface area contributed by atoms with Crippen molar-refractivity contribution in [3.05, 3.63) is 59.2 Å². The van der Waals surface area contributed by atoms with E-state index in [1.807, 2.05) is 0 Å². The maximum Gasteiger partial charge on any atom is 0.00473 e. The first-order chi connectivity index (χ1) is 12.6. The Morgan fingerprint density at radius 1 is 0.741 bits per heavy atom. The Morgan fingerprint density at radius 3 is 1.48 bits per heavy atom. The van der Waals surface area contributed by atoms with Crippen molar-refractivity contribution in [1.29, 1.82) is 0 Å². The van der Waals surface area contributed by atoms with Crippen LogP contribution in [-0.4, -0.2) is 0 Å². The van der Waals surface area contributed by atoms with Gasteiger partial charge in [0.05, 0.1) is 0 Å². The van der Waals surface area contributed by atoms with Crippen LogP contribution in [0, 0.1) is 29.6 Å². The Morgan fingerprint density at radius 2 is 1.15 bits per heavy atom. The lowest BCUT2D eigenvalue weighted by Gasteiger charge is -2.46. The molecule has 4 aliphatic rings. The summed E-state index contributed by atoms with van der Waals surface area (Å²) in [5.74, 6) is 1.47. The maximum absolute atomic E-state index is 4.54. The Bertz CT molecular complexity index is 798. The number of allylic oxidation sites excluding steroid dienone is 2.